The average molecular weight is 323 g/mol. The van der Waals surface area contributed by atoms with Crippen molar-refractivity contribution in [3.8, 4) is 0 Å². The van der Waals surface area contributed by atoms with E-state index in [9.17, 15) is 20.1 Å². The second-order valence-corrected chi connectivity index (χ2v) is 5.45. The van der Waals surface area contributed by atoms with Gasteiger partial charge >= 0.3 is 5.69 Å². The van der Waals surface area contributed by atoms with E-state index >= 15 is 0 Å². The lowest BCUT2D eigenvalue weighted by molar-refractivity contribution is -0.0529. The number of aromatic nitrogens is 4. The minimum atomic E-state index is -1.43. The maximum atomic E-state index is 12.3. The number of aliphatic hydroxyl groups excluding tert-OH is 3. The van der Waals surface area contributed by atoms with Gasteiger partial charge in [0.1, 0.15) is 23.8 Å². The zero-order valence-electron chi connectivity index (χ0n) is 12.5. The van der Waals surface area contributed by atoms with Crippen LogP contribution in [0, 0.1) is 13.8 Å². The van der Waals surface area contributed by atoms with Crippen LogP contribution >= 0.6 is 0 Å². The van der Waals surface area contributed by atoms with Crippen molar-refractivity contribution in [3.63, 3.8) is 0 Å². The molecule has 1 aliphatic heterocycles. The molecule has 4 atom stereocenters. The Hall–Kier alpha value is -2.14. The van der Waals surface area contributed by atoms with Gasteiger partial charge in [-0.05, 0) is 13.8 Å². The van der Waals surface area contributed by atoms with Crippen molar-refractivity contribution in [1.29, 1.82) is 0 Å². The Labute approximate surface area is 130 Å². The average Bonchev–Trinajstić information content (AvgIpc) is 2.78. The summed E-state index contributed by atoms with van der Waals surface area (Å²) in [5.74, 6) is -0.0800. The number of aryl methyl sites for hydroxylation is 2. The molecule has 0 saturated carbocycles. The van der Waals surface area contributed by atoms with E-state index in [2.05, 4.69) is 15.0 Å². The van der Waals surface area contributed by atoms with E-state index in [1.165, 1.54) is 0 Å². The first-order valence-corrected chi connectivity index (χ1v) is 7.00. The largest absolute Gasteiger partial charge is 0.394 e. The van der Waals surface area contributed by atoms with Crippen molar-refractivity contribution in [2.75, 3.05) is 12.3 Å². The molecule has 0 unspecified atom stereocenters. The van der Waals surface area contributed by atoms with Gasteiger partial charge in [0, 0.05) is 0 Å². The number of nitrogen functional groups attached to an aromatic ring is 1. The molecule has 2 aromatic heterocycles. The van der Waals surface area contributed by atoms with E-state index in [-0.39, 0.29) is 17.0 Å². The maximum absolute atomic E-state index is 12.3. The normalized spacial score (nSPS) is 27.7. The van der Waals surface area contributed by atoms with Crippen molar-refractivity contribution in [1.82, 2.24) is 19.5 Å². The Morgan fingerprint density at radius 2 is 1.83 bits per heavy atom. The highest BCUT2D eigenvalue weighted by molar-refractivity contribution is 5.81. The quantitative estimate of drug-likeness (QED) is 0.490. The van der Waals surface area contributed by atoms with Crippen LogP contribution in [0.1, 0.15) is 17.6 Å². The first kappa shape index (κ1) is 15.7. The van der Waals surface area contributed by atoms with Gasteiger partial charge in [0.25, 0.3) is 0 Å². The monoisotopic (exact) mass is 323 g/mol. The van der Waals surface area contributed by atoms with Gasteiger partial charge in [-0.1, -0.05) is 0 Å². The van der Waals surface area contributed by atoms with E-state index in [4.69, 9.17) is 10.5 Å². The van der Waals surface area contributed by atoms with Crippen LogP contribution in [0.4, 0.5) is 5.82 Å². The van der Waals surface area contributed by atoms with Gasteiger partial charge in [0.05, 0.1) is 18.0 Å². The lowest BCUT2D eigenvalue weighted by Crippen LogP contribution is -2.37. The fraction of sp³-hybridized carbons (Fsp3) is 0.538. The molecule has 1 aliphatic rings. The number of ether oxygens (including phenoxy) is 1. The molecular formula is C13H17N5O5. The molecule has 3 rings (SSSR count). The Kier molecular flexibility index (Phi) is 3.76. The second-order valence-electron chi connectivity index (χ2n) is 5.45. The first-order chi connectivity index (χ1) is 10.8. The minimum absolute atomic E-state index is 0.0800. The highest BCUT2D eigenvalue weighted by Crippen LogP contribution is 2.30. The van der Waals surface area contributed by atoms with Gasteiger partial charge < -0.3 is 25.8 Å². The summed E-state index contributed by atoms with van der Waals surface area (Å²) in [7, 11) is 0. The molecule has 0 spiro atoms. The molecule has 10 heteroatoms. The van der Waals surface area contributed by atoms with Gasteiger partial charge in [-0.3, -0.25) is 0 Å². The molecule has 10 nitrogen and oxygen atoms in total. The van der Waals surface area contributed by atoms with Crippen LogP contribution in [0.5, 0.6) is 0 Å². The Balaban J connectivity index is 2.26. The third-order valence-electron chi connectivity index (χ3n) is 3.95. The molecule has 0 bridgehead atoms. The van der Waals surface area contributed by atoms with Gasteiger partial charge in [-0.15, -0.1) is 0 Å². The molecule has 0 aliphatic carbocycles. The summed E-state index contributed by atoms with van der Waals surface area (Å²) >= 11 is 0. The summed E-state index contributed by atoms with van der Waals surface area (Å²) < 4.78 is 6.38. The molecule has 2 aromatic rings. The number of rotatable bonds is 2. The molecule has 1 fully saturated rings. The summed E-state index contributed by atoms with van der Waals surface area (Å²) in [6, 6.07) is 0. The zero-order valence-corrected chi connectivity index (χ0v) is 12.5. The van der Waals surface area contributed by atoms with Gasteiger partial charge in [0.2, 0.25) is 0 Å². The lowest BCUT2D eigenvalue weighted by Gasteiger charge is -2.19. The predicted molar refractivity (Wildman–Crippen MR) is 78.5 cm³/mol. The van der Waals surface area contributed by atoms with Gasteiger partial charge in [0.15, 0.2) is 17.7 Å². The van der Waals surface area contributed by atoms with E-state index < -0.39 is 36.8 Å². The second kappa shape index (κ2) is 5.49. The van der Waals surface area contributed by atoms with Gasteiger partial charge in [-0.25, -0.2) is 19.3 Å². The Bertz CT molecular complexity index is 822. The number of hydrogen-bond acceptors (Lipinski definition) is 9. The number of nitrogens with two attached hydrogens (primary N) is 1. The molecule has 0 amide bonds. The van der Waals surface area contributed by atoms with Gasteiger partial charge in [-0.2, -0.15) is 4.98 Å². The molecular weight excluding hydrogens is 306 g/mol. The molecule has 3 heterocycles. The lowest BCUT2D eigenvalue weighted by atomic mass is 10.1. The van der Waals surface area contributed by atoms with Crippen LogP contribution in [-0.4, -0.2) is 59.8 Å². The number of aliphatic hydroxyl groups is 3. The highest BCUT2D eigenvalue weighted by Gasteiger charge is 2.44. The summed E-state index contributed by atoms with van der Waals surface area (Å²) in [6.45, 7) is 2.95. The fourth-order valence-electron chi connectivity index (χ4n) is 2.55. The predicted octanol–water partition coefficient (Wildman–Crippen LogP) is -2.00. The summed E-state index contributed by atoms with van der Waals surface area (Å²) in [5.41, 5.74) is 6.44. The summed E-state index contributed by atoms with van der Waals surface area (Å²) in [6.07, 6.45) is -5.04. The third kappa shape index (κ3) is 2.36. The van der Waals surface area contributed by atoms with Crippen LogP contribution in [0.3, 0.4) is 0 Å². The molecule has 1 saturated heterocycles. The van der Waals surface area contributed by atoms with Crippen molar-refractivity contribution in [2.45, 2.75) is 38.4 Å². The summed E-state index contributed by atoms with van der Waals surface area (Å²) in [4.78, 5) is 24.5. The van der Waals surface area contributed by atoms with E-state index in [0.717, 1.165) is 4.57 Å². The highest BCUT2D eigenvalue weighted by atomic mass is 16.6. The maximum Gasteiger partial charge on any atom is 0.353 e. The number of nitrogens with zero attached hydrogens (tertiary/aromatic N) is 4. The van der Waals surface area contributed by atoms with Crippen LogP contribution in [0.2, 0.25) is 0 Å². The van der Waals surface area contributed by atoms with Crippen LogP contribution in [-0.2, 0) is 4.74 Å². The smallest absolute Gasteiger partial charge is 0.353 e. The van der Waals surface area contributed by atoms with Crippen LogP contribution < -0.4 is 11.4 Å². The summed E-state index contributed by atoms with van der Waals surface area (Å²) in [5, 5.41) is 29.2. The van der Waals surface area contributed by atoms with Crippen LogP contribution in [0.15, 0.2) is 4.79 Å². The number of hydrogen-bond donors (Lipinski definition) is 4. The molecule has 5 N–H and O–H groups in total. The van der Waals surface area contributed by atoms with E-state index in [1.54, 1.807) is 13.8 Å². The van der Waals surface area contributed by atoms with E-state index in [1.807, 2.05) is 0 Å². The molecule has 23 heavy (non-hydrogen) atoms. The van der Waals surface area contributed by atoms with Crippen LogP contribution in [0.25, 0.3) is 11.2 Å². The Morgan fingerprint density at radius 3 is 2.43 bits per heavy atom. The third-order valence-corrected chi connectivity index (χ3v) is 3.95. The van der Waals surface area contributed by atoms with Crippen molar-refractivity contribution < 1.29 is 20.1 Å². The topological polar surface area (TPSA) is 157 Å². The molecule has 0 aromatic carbocycles. The molecule has 0 radical (unpaired) electrons. The fourth-order valence-corrected chi connectivity index (χ4v) is 2.55. The number of anilines is 1. The Morgan fingerprint density at radius 1 is 1.17 bits per heavy atom. The van der Waals surface area contributed by atoms with Crippen molar-refractivity contribution in [2.24, 2.45) is 0 Å². The first-order valence-electron chi connectivity index (χ1n) is 7.00. The zero-order chi connectivity index (χ0) is 16.9. The number of fused-ring (bicyclic) bond motifs is 1. The van der Waals surface area contributed by atoms with Crippen molar-refractivity contribution >= 4 is 17.0 Å². The van der Waals surface area contributed by atoms with Crippen molar-refractivity contribution in [3.05, 3.63) is 21.9 Å². The SMILES string of the molecule is Cc1nc2c(N)nc(=O)n([C@@H]3O[C@H](CO)[C@@H](O)[C@H]3O)c2nc1C. The van der Waals surface area contributed by atoms with E-state index in [0.29, 0.717) is 11.4 Å². The molecule has 124 valence electrons. The standard InChI is InChI=1S/C13H17N5O5/c1-4-5(2)16-11-7(15-4)10(14)17-13(22)18(11)12-9(21)8(20)6(3-19)23-12/h6,8-9,12,19-21H,3H2,1-2H3,(H2,14,17,22)/t6-,8-,9-,12-/m1/s1. The minimum Gasteiger partial charge on any atom is -0.394 e.